The molecule has 3 fully saturated rings. The van der Waals surface area contributed by atoms with Gasteiger partial charge in [-0.15, -0.1) is 0 Å². The molecule has 406 valence electrons. The fraction of sp³-hybridized carbons (Fsp3) is 0.410. The van der Waals surface area contributed by atoms with E-state index < -0.39 is 99.7 Å². The zero-order valence-electron chi connectivity index (χ0n) is 44.9. The first-order valence-electron chi connectivity index (χ1n) is 26.3. The van der Waals surface area contributed by atoms with Crippen molar-refractivity contribution in [1.82, 2.24) is 4.90 Å². The Labute approximate surface area is 451 Å². The van der Waals surface area contributed by atoms with Crippen LogP contribution in [0.5, 0.6) is 0 Å². The van der Waals surface area contributed by atoms with E-state index in [-0.39, 0.29) is 59.7 Å². The molecule has 0 bridgehead atoms. The van der Waals surface area contributed by atoms with Gasteiger partial charge in [0.25, 0.3) is 11.8 Å². The number of fused-ring (bicyclic) bond motifs is 1. The van der Waals surface area contributed by atoms with Gasteiger partial charge in [0.2, 0.25) is 0 Å². The molecule has 3 saturated heterocycles. The number of imide groups is 1. The number of rotatable bonds is 19. The molecular weight excluding hydrogens is 999 g/mol. The van der Waals surface area contributed by atoms with E-state index in [2.05, 4.69) is 40.8 Å². The quantitative estimate of drug-likeness (QED) is 0.0436. The molecule has 0 aliphatic carbocycles. The van der Waals surface area contributed by atoms with Crippen molar-refractivity contribution in [1.29, 1.82) is 0 Å². The maximum atomic E-state index is 14.7. The summed E-state index contributed by atoms with van der Waals surface area (Å²) < 4.78 is 68.4. The number of ether oxygens (including phenoxy) is 9. The highest BCUT2D eigenvalue weighted by atomic mass is 28.4. The van der Waals surface area contributed by atoms with Crippen molar-refractivity contribution in [3.8, 4) is 0 Å². The summed E-state index contributed by atoms with van der Waals surface area (Å²) in [4.78, 5) is 59.5. The van der Waals surface area contributed by atoms with Crippen LogP contribution >= 0.6 is 0 Å². The van der Waals surface area contributed by atoms with E-state index >= 15 is 0 Å². The first kappa shape index (κ1) is 55.6. The van der Waals surface area contributed by atoms with E-state index in [0.29, 0.717) is 5.56 Å². The number of carbonyl (C=O) groups excluding carboxylic acids is 4. The molecule has 0 saturated carbocycles. The minimum atomic E-state index is -2.89. The molecule has 5 aromatic rings. The SMILES string of the molecule is CC1=C(C)C(=O)N([C@H]2[C@H](O[Si](C)(C)C(C)(C)C(C)C)O[C@H](COCc3ccccc3)[C@@H](O[C@@H]3O[C@@H]4CO[C@@H](c5ccccc5)O[C@H]4[C@H](OC(=O)c4ccccc4)[C@@H]3OC(=O)c3ccccc3)[C@@H]2OCc2ccccc2)C1=O. The minimum absolute atomic E-state index is 0.00534. The molecule has 5 aromatic carbocycles. The van der Waals surface area contributed by atoms with E-state index in [4.69, 9.17) is 47.1 Å². The largest absolute Gasteiger partial charge is 0.452 e. The van der Waals surface area contributed by atoms with Crippen LogP contribution in [0, 0.1) is 5.92 Å². The third-order valence-corrected chi connectivity index (χ3v) is 20.3. The lowest BCUT2D eigenvalue weighted by molar-refractivity contribution is -0.381. The molecule has 0 N–H and O–H groups in total. The normalized spacial score (nSPS) is 26.9. The van der Waals surface area contributed by atoms with Crippen LogP contribution in [-0.2, 0) is 69.9 Å². The number of amides is 2. The highest BCUT2D eigenvalue weighted by molar-refractivity contribution is 6.74. The Morgan fingerprint density at radius 2 is 1.14 bits per heavy atom. The Kier molecular flexibility index (Phi) is 17.5. The van der Waals surface area contributed by atoms with Crippen molar-refractivity contribution in [3.05, 3.63) is 191 Å². The van der Waals surface area contributed by atoms with Gasteiger partial charge in [-0.3, -0.25) is 14.5 Å². The first-order valence-corrected chi connectivity index (χ1v) is 29.2. The summed E-state index contributed by atoms with van der Waals surface area (Å²) in [5.74, 6) is -2.39. The predicted molar refractivity (Wildman–Crippen MR) is 286 cm³/mol. The third kappa shape index (κ3) is 12.3. The summed E-state index contributed by atoms with van der Waals surface area (Å²) in [6.45, 7) is 16.0. The maximum Gasteiger partial charge on any atom is 0.338 e. The van der Waals surface area contributed by atoms with E-state index in [0.717, 1.165) is 11.1 Å². The minimum Gasteiger partial charge on any atom is -0.452 e. The van der Waals surface area contributed by atoms with Crippen LogP contribution in [-0.4, -0.2) is 112 Å². The van der Waals surface area contributed by atoms with Crippen LogP contribution in [0.2, 0.25) is 18.1 Å². The van der Waals surface area contributed by atoms with Crippen molar-refractivity contribution in [2.45, 2.75) is 141 Å². The lowest BCUT2D eigenvalue weighted by atomic mass is 9.93. The highest BCUT2D eigenvalue weighted by Gasteiger charge is 2.61. The summed E-state index contributed by atoms with van der Waals surface area (Å²) in [7, 11) is -2.89. The van der Waals surface area contributed by atoms with Crippen molar-refractivity contribution in [3.63, 3.8) is 0 Å². The Hall–Kier alpha value is -6.18. The summed E-state index contributed by atoms with van der Waals surface area (Å²) in [6, 6.07) is 44.0. The number of hydrogen-bond acceptors (Lipinski definition) is 14. The van der Waals surface area contributed by atoms with Crippen LogP contribution in [0.1, 0.15) is 85.2 Å². The van der Waals surface area contributed by atoms with Gasteiger partial charge in [0.15, 0.2) is 39.4 Å². The second-order valence-electron chi connectivity index (χ2n) is 21.3. The number of hydrogen-bond donors (Lipinski definition) is 0. The zero-order chi connectivity index (χ0) is 54.4. The highest BCUT2D eigenvalue weighted by Crippen LogP contribution is 2.48. The van der Waals surface area contributed by atoms with Gasteiger partial charge in [0.05, 0.1) is 37.6 Å². The fourth-order valence-electron chi connectivity index (χ4n) is 9.95. The molecule has 16 heteroatoms. The van der Waals surface area contributed by atoms with Gasteiger partial charge in [-0.05, 0) is 73.3 Å². The van der Waals surface area contributed by atoms with Crippen LogP contribution in [0.15, 0.2) is 163 Å². The zero-order valence-corrected chi connectivity index (χ0v) is 45.9. The van der Waals surface area contributed by atoms with Crippen LogP contribution < -0.4 is 0 Å². The van der Waals surface area contributed by atoms with Crippen LogP contribution in [0.3, 0.4) is 0 Å². The molecule has 15 nitrogen and oxygen atoms in total. The Morgan fingerprint density at radius 3 is 1.69 bits per heavy atom. The van der Waals surface area contributed by atoms with E-state index in [9.17, 15) is 19.2 Å². The van der Waals surface area contributed by atoms with Crippen molar-refractivity contribution in [2.75, 3.05) is 13.2 Å². The molecule has 77 heavy (non-hydrogen) atoms. The molecule has 4 aliphatic heterocycles. The first-order chi connectivity index (χ1) is 37.0. The van der Waals surface area contributed by atoms with E-state index in [1.54, 1.807) is 74.5 Å². The second-order valence-corrected chi connectivity index (χ2v) is 25.9. The van der Waals surface area contributed by atoms with Gasteiger partial charge in [-0.1, -0.05) is 155 Å². The van der Waals surface area contributed by atoms with Gasteiger partial charge < -0.3 is 47.1 Å². The second kappa shape index (κ2) is 24.2. The van der Waals surface area contributed by atoms with Crippen LogP contribution in [0.25, 0.3) is 0 Å². The molecule has 0 unspecified atom stereocenters. The van der Waals surface area contributed by atoms with Crippen LogP contribution in [0.4, 0.5) is 0 Å². The van der Waals surface area contributed by atoms with Gasteiger partial charge in [-0.2, -0.15) is 0 Å². The molecule has 4 aliphatic rings. The number of carbonyl (C=O) groups is 4. The van der Waals surface area contributed by atoms with Gasteiger partial charge in [-0.25, -0.2) is 9.59 Å². The monoisotopic (exact) mass is 1070 g/mol. The Morgan fingerprint density at radius 1 is 0.636 bits per heavy atom. The average molecular weight is 1070 g/mol. The molecule has 2 amide bonds. The van der Waals surface area contributed by atoms with E-state index in [1.165, 1.54) is 4.90 Å². The summed E-state index contributed by atoms with van der Waals surface area (Å²) in [5.41, 5.74) is 3.35. The summed E-state index contributed by atoms with van der Waals surface area (Å²) in [5, 5.41) is -0.352. The smallest absolute Gasteiger partial charge is 0.338 e. The molecule has 0 aromatic heterocycles. The molecule has 11 atom stereocenters. The van der Waals surface area contributed by atoms with Gasteiger partial charge >= 0.3 is 11.9 Å². The predicted octanol–water partition coefficient (Wildman–Crippen LogP) is 9.92. The van der Waals surface area contributed by atoms with E-state index in [1.807, 2.05) is 91.0 Å². The summed E-state index contributed by atoms with van der Waals surface area (Å²) >= 11 is 0. The standard InChI is InChI=1S/C61H69NO14Si/c1-38(2)61(5,6)77(7,8)76-59-48(62-54(63)39(3)40(4)55(62)64)51(68-35-42-26-16-10-17-27-42)49(46(70-59)36-67-34-41-24-14-9-15-25-41)75-60-53(73-57(66)44-30-20-12-21-31-44)52(72-56(65)43-28-18-11-19-29-43)50-47(71-60)37-69-58(74-50)45-32-22-13-23-33-45/h9-33,38,46-53,58-60H,34-37H2,1-8H3/t46-,47-,48-,49-,50-,51-,52+,53+,58-,59+,60+/m1/s1. The van der Waals surface area contributed by atoms with Gasteiger partial charge in [0, 0.05) is 16.7 Å². The lowest BCUT2D eigenvalue weighted by Crippen LogP contribution is -2.71. The van der Waals surface area contributed by atoms with Gasteiger partial charge in [0.1, 0.15) is 36.6 Å². The Balaban J connectivity index is 1.18. The number of esters is 2. The summed E-state index contributed by atoms with van der Waals surface area (Å²) in [6.07, 6.45) is -12.4. The van der Waals surface area contributed by atoms with Crippen molar-refractivity contribution in [2.24, 2.45) is 5.92 Å². The Bertz CT molecular complexity index is 2810. The maximum absolute atomic E-state index is 14.7. The third-order valence-electron chi connectivity index (χ3n) is 15.8. The number of nitrogens with zero attached hydrogens (tertiary/aromatic N) is 1. The topological polar surface area (TPSA) is 164 Å². The van der Waals surface area contributed by atoms with Crippen molar-refractivity contribution >= 4 is 32.1 Å². The molecule has 0 radical (unpaired) electrons. The fourth-order valence-corrected chi connectivity index (χ4v) is 12.4. The van der Waals surface area contributed by atoms with Crippen molar-refractivity contribution < 1.29 is 66.2 Å². The average Bonchev–Trinajstić information content (AvgIpc) is 3.66. The number of benzene rings is 5. The molecule has 9 rings (SSSR count). The lowest BCUT2D eigenvalue weighted by Gasteiger charge is -2.53. The molecular formula is C61H69NO14Si. The molecule has 4 heterocycles. The molecule has 0 spiro atoms.